The van der Waals surface area contributed by atoms with E-state index in [2.05, 4.69) is 4.28 Å². The molecule has 0 aliphatic carbocycles. The Morgan fingerprint density at radius 2 is 1.57 bits per heavy atom. The molecule has 0 radical (unpaired) electrons. The molecule has 3 rings (SSSR count). The number of hydrogen-bond acceptors (Lipinski definition) is 6. The van der Waals surface area contributed by atoms with Crippen molar-refractivity contribution in [3.8, 4) is 5.75 Å². The van der Waals surface area contributed by atoms with Crippen LogP contribution in [0.2, 0.25) is 0 Å². The highest BCUT2D eigenvalue weighted by molar-refractivity contribution is 7.86. The van der Waals surface area contributed by atoms with Crippen molar-refractivity contribution in [2.24, 2.45) is 0 Å². The molecule has 2 aromatic rings. The third-order valence-electron chi connectivity index (χ3n) is 3.40. The molecule has 2 aromatic carbocycles. The van der Waals surface area contributed by atoms with Crippen LogP contribution in [0.5, 0.6) is 5.75 Å². The minimum atomic E-state index is -4.44. The smallest absolute Gasteiger partial charge is 0.318 e. The molecular weight excluding hydrogens is 322 g/mol. The average Bonchev–Trinajstić information content (AvgIpc) is 2.75. The summed E-state index contributed by atoms with van der Waals surface area (Å²) in [6, 6.07) is 9.51. The van der Waals surface area contributed by atoms with E-state index in [1.54, 1.807) is 19.1 Å². The summed E-state index contributed by atoms with van der Waals surface area (Å²) in [5, 5.41) is 9.81. The maximum atomic E-state index is 12.2. The maximum absolute atomic E-state index is 12.2. The van der Waals surface area contributed by atoms with Crippen molar-refractivity contribution >= 4 is 21.9 Å². The van der Waals surface area contributed by atoms with Crippen molar-refractivity contribution in [2.75, 3.05) is 0 Å². The molecule has 0 unspecified atom stereocenters. The second-order valence-electron chi connectivity index (χ2n) is 4.93. The third-order valence-corrected chi connectivity index (χ3v) is 4.58. The molecule has 1 heterocycles. The molecule has 0 bridgehead atoms. The number of fused-ring (bicyclic) bond motifs is 1. The highest BCUT2D eigenvalue weighted by Crippen LogP contribution is 2.27. The number of hydroxylamine groups is 2. The lowest BCUT2D eigenvalue weighted by molar-refractivity contribution is -0.0103. The van der Waals surface area contributed by atoms with Gasteiger partial charge < -0.3 is 5.11 Å². The highest BCUT2D eigenvalue weighted by atomic mass is 32.2. The van der Waals surface area contributed by atoms with Crippen LogP contribution in [0, 0.1) is 6.92 Å². The topological polar surface area (TPSA) is 101 Å². The monoisotopic (exact) mass is 333 g/mol. The predicted octanol–water partition coefficient (Wildman–Crippen LogP) is 1.62. The van der Waals surface area contributed by atoms with E-state index in [-0.39, 0.29) is 26.8 Å². The number of aryl methyl sites for hydroxylation is 1. The summed E-state index contributed by atoms with van der Waals surface area (Å²) in [4.78, 5) is 23.8. The fraction of sp³-hybridized carbons (Fsp3) is 0.0667. The van der Waals surface area contributed by atoms with Crippen LogP contribution in [0.1, 0.15) is 26.3 Å². The Hall–Kier alpha value is -2.71. The van der Waals surface area contributed by atoms with E-state index in [1.165, 1.54) is 24.3 Å². The summed E-state index contributed by atoms with van der Waals surface area (Å²) in [6.45, 7) is 1.59. The number of nitrogens with zero attached hydrogens (tertiary/aromatic N) is 1. The Morgan fingerprint density at radius 1 is 1.00 bits per heavy atom. The zero-order chi connectivity index (χ0) is 16.8. The first-order valence-electron chi connectivity index (χ1n) is 6.53. The molecule has 1 N–H and O–H groups in total. The number of phenolic OH excluding ortho intramolecular Hbond substituents is 1. The SMILES string of the molecule is Cc1ccc(S(=O)(=O)ON2C(=O)c3ccccc3C2=O)cc1O. The minimum Gasteiger partial charge on any atom is -0.508 e. The molecule has 23 heavy (non-hydrogen) atoms. The second-order valence-corrected chi connectivity index (χ2v) is 6.46. The van der Waals surface area contributed by atoms with Gasteiger partial charge >= 0.3 is 10.1 Å². The highest BCUT2D eigenvalue weighted by Gasteiger charge is 2.40. The molecule has 7 nitrogen and oxygen atoms in total. The Balaban J connectivity index is 1.94. The largest absolute Gasteiger partial charge is 0.508 e. The van der Waals surface area contributed by atoms with E-state index in [9.17, 15) is 23.1 Å². The normalized spacial score (nSPS) is 14.2. The summed E-state index contributed by atoms with van der Waals surface area (Å²) in [5.74, 6) is -1.95. The molecule has 2 amide bonds. The van der Waals surface area contributed by atoms with E-state index in [1.807, 2.05) is 0 Å². The third kappa shape index (κ3) is 2.47. The number of phenols is 1. The van der Waals surface area contributed by atoms with Crippen LogP contribution in [-0.4, -0.2) is 30.4 Å². The number of carbonyl (C=O) groups is 2. The number of benzene rings is 2. The van der Waals surface area contributed by atoms with Crippen LogP contribution in [0.4, 0.5) is 0 Å². The number of rotatable bonds is 3. The van der Waals surface area contributed by atoms with Gasteiger partial charge in [-0.3, -0.25) is 9.59 Å². The van der Waals surface area contributed by atoms with Gasteiger partial charge in [-0.1, -0.05) is 18.2 Å². The standard InChI is InChI=1S/C15H11NO6S/c1-9-6-7-10(8-13(9)17)23(20,21)22-16-14(18)11-4-2-3-5-12(11)15(16)19/h2-8,17H,1H3. The first kappa shape index (κ1) is 15.2. The molecule has 1 aliphatic heterocycles. The summed E-state index contributed by atoms with van der Waals surface area (Å²) < 4.78 is 29.1. The zero-order valence-electron chi connectivity index (χ0n) is 11.9. The van der Waals surface area contributed by atoms with Crippen molar-refractivity contribution in [2.45, 2.75) is 11.8 Å². The van der Waals surface area contributed by atoms with Gasteiger partial charge in [0.05, 0.1) is 16.0 Å². The van der Waals surface area contributed by atoms with E-state index < -0.39 is 21.9 Å². The number of imide groups is 1. The lowest BCUT2D eigenvalue weighted by atomic mass is 10.1. The molecule has 0 atom stereocenters. The van der Waals surface area contributed by atoms with E-state index in [0.29, 0.717) is 5.56 Å². The van der Waals surface area contributed by atoms with Crippen molar-refractivity contribution in [3.63, 3.8) is 0 Å². The van der Waals surface area contributed by atoms with Gasteiger partial charge in [0.25, 0.3) is 11.8 Å². The summed E-state index contributed by atoms with van der Waals surface area (Å²) in [5.41, 5.74) is 0.614. The van der Waals surface area contributed by atoms with Gasteiger partial charge in [0, 0.05) is 6.07 Å². The summed E-state index contributed by atoms with van der Waals surface area (Å²) in [7, 11) is -4.44. The first-order chi connectivity index (χ1) is 10.8. The van der Waals surface area contributed by atoms with Gasteiger partial charge in [0.2, 0.25) is 0 Å². The molecular formula is C15H11NO6S. The molecule has 0 aromatic heterocycles. The Morgan fingerprint density at radius 3 is 2.09 bits per heavy atom. The van der Waals surface area contributed by atoms with E-state index in [4.69, 9.17) is 0 Å². The minimum absolute atomic E-state index is 0.0689. The molecule has 1 aliphatic rings. The average molecular weight is 333 g/mol. The molecule has 0 saturated carbocycles. The molecule has 0 fully saturated rings. The molecule has 0 spiro atoms. The summed E-state index contributed by atoms with van der Waals surface area (Å²) in [6.07, 6.45) is 0. The van der Waals surface area contributed by atoms with E-state index in [0.717, 1.165) is 6.07 Å². The van der Waals surface area contributed by atoms with Gasteiger partial charge in [-0.25, -0.2) is 0 Å². The van der Waals surface area contributed by atoms with Crippen molar-refractivity contribution in [3.05, 3.63) is 59.2 Å². The maximum Gasteiger partial charge on any atom is 0.318 e. The van der Waals surface area contributed by atoms with Crippen LogP contribution in [0.3, 0.4) is 0 Å². The van der Waals surface area contributed by atoms with Crippen LogP contribution in [-0.2, 0) is 14.4 Å². The van der Waals surface area contributed by atoms with E-state index >= 15 is 0 Å². The number of carbonyl (C=O) groups excluding carboxylic acids is 2. The van der Waals surface area contributed by atoms with Crippen LogP contribution in [0.25, 0.3) is 0 Å². The zero-order valence-corrected chi connectivity index (χ0v) is 12.7. The van der Waals surface area contributed by atoms with Gasteiger partial charge in [-0.2, -0.15) is 8.42 Å². The van der Waals surface area contributed by atoms with Gasteiger partial charge in [0.1, 0.15) is 5.75 Å². The Bertz CT molecular complexity index is 900. The van der Waals surface area contributed by atoms with Crippen molar-refractivity contribution in [1.29, 1.82) is 0 Å². The molecule has 0 saturated heterocycles. The lowest BCUT2D eigenvalue weighted by Gasteiger charge is -2.13. The summed E-state index contributed by atoms with van der Waals surface area (Å²) >= 11 is 0. The Kier molecular flexibility index (Phi) is 3.42. The number of aromatic hydroxyl groups is 1. The number of hydrogen-bond donors (Lipinski definition) is 1. The van der Waals surface area contributed by atoms with Crippen LogP contribution < -0.4 is 0 Å². The van der Waals surface area contributed by atoms with Gasteiger partial charge in [0.15, 0.2) is 0 Å². The number of amides is 2. The lowest BCUT2D eigenvalue weighted by Crippen LogP contribution is -2.32. The fourth-order valence-corrected chi connectivity index (χ4v) is 3.03. The van der Waals surface area contributed by atoms with Gasteiger partial charge in [-0.15, -0.1) is 9.35 Å². The van der Waals surface area contributed by atoms with Crippen molar-refractivity contribution < 1.29 is 27.4 Å². The molecule has 118 valence electrons. The van der Waals surface area contributed by atoms with Crippen LogP contribution in [0.15, 0.2) is 47.4 Å². The Labute approximate surface area is 131 Å². The second kappa shape index (κ2) is 5.18. The fourth-order valence-electron chi connectivity index (χ4n) is 2.12. The van der Waals surface area contributed by atoms with Crippen molar-refractivity contribution in [1.82, 2.24) is 5.06 Å². The first-order valence-corrected chi connectivity index (χ1v) is 7.94. The van der Waals surface area contributed by atoms with Gasteiger partial charge in [-0.05, 0) is 30.7 Å². The quantitative estimate of drug-likeness (QED) is 0.857. The molecule has 8 heteroatoms. The van der Waals surface area contributed by atoms with Crippen LogP contribution >= 0.6 is 0 Å². The predicted molar refractivity (Wildman–Crippen MR) is 78.1 cm³/mol.